The first-order valence-electron chi connectivity index (χ1n) is 8.38. The van der Waals surface area contributed by atoms with E-state index in [1.807, 2.05) is 12.1 Å². The topological polar surface area (TPSA) is 12.5 Å². The minimum absolute atomic E-state index is 0.140. The standard InChI is InChI=1S/C18H26FNO/c19-17-8-6-15(7-9-17)12-16-4-3-10-20(13-16)14-18-5-1-2-11-21-18/h6-9,16,18H,1-5,10-14H2/t16-,18?/m0/s1. The predicted molar refractivity (Wildman–Crippen MR) is 82.9 cm³/mol. The Morgan fingerprint density at radius 1 is 1.10 bits per heavy atom. The molecule has 3 heteroatoms. The van der Waals surface area contributed by atoms with Crippen LogP contribution in [0.15, 0.2) is 24.3 Å². The van der Waals surface area contributed by atoms with Gasteiger partial charge in [0.05, 0.1) is 6.10 Å². The van der Waals surface area contributed by atoms with Gasteiger partial charge in [0.25, 0.3) is 0 Å². The van der Waals surface area contributed by atoms with Gasteiger partial charge in [0.2, 0.25) is 0 Å². The average molecular weight is 291 g/mol. The highest BCUT2D eigenvalue weighted by Crippen LogP contribution is 2.23. The molecule has 21 heavy (non-hydrogen) atoms. The first-order valence-corrected chi connectivity index (χ1v) is 8.38. The molecule has 1 aromatic rings. The van der Waals surface area contributed by atoms with Gasteiger partial charge in [-0.3, -0.25) is 0 Å². The van der Waals surface area contributed by atoms with Crippen molar-refractivity contribution in [3.63, 3.8) is 0 Å². The molecule has 2 nitrogen and oxygen atoms in total. The maximum Gasteiger partial charge on any atom is 0.123 e. The highest BCUT2D eigenvalue weighted by Gasteiger charge is 2.23. The third kappa shape index (κ3) is 4.52. The molecule has 0 radical (unpaired) electrons. The minimum atomic E-state index is -0.140. The molecule has 2 heterocycles. The molecule has 2 fully saturated rings. The lowest BCUT2D eigenvalue weighted by atomic mass is 9.91. The highest BCUT2D eigenvalue weighted by molar-refractivity contribution is 5.16. The normalized spacial score (nSPS) is 27.7. The Kier molecular flexibility index (Phi) is 5.26. The van der Waals surface area contributed by atoms with Crippen molar-refractivity contribution in [2.75, 3.05) is 26.2 Å². The Morgan fingerprint density at radius 3 is 2.71 bits per heavy atom. The second kappa shape index (κ2) is 7.37. The SMILES string of the molecule is Fc1ccc(C[C@@H]2CCCN(CC3CCCCO3)C2)cc1. The van der Waals surface area contributed by atoms with Gasteiger partial charge in [-0.15, -0.1) is 0 Å². The Morgan fingerprint density at radius 2 is 1.95 bits per heavy atom. The van der Waals surface area contributed by atoms with Crippen LogP contribution in [0.4, 0.5) is 4.39 Å². The second-order valence-electron chi connectivity index (χ2n) is 6.59. The van der Waals surface area contributed by atoms with Crippen molar-refractivity contribution in [1.82, 2.24) is 4.90 Å². The molecule has 2 aliphatic heterocycles. The van der Waals surface area contributed by atoms with E-state index in [4.69, 9.17) is 4.74 Å². The van der Waals surface area contributed by atoms with E-state index in [0.717, 1.165) is 26.1 Å². The molecule has 0 amide bonds. The van der Waals surface area contributed by atoms with Gasteiger partial charge < -0.3 is 9.64 Å². The Balaban J connectivity index is 1.49. The second-order valence-corrected chi connectivity index (χ2v) is 6.59. The van der Waals surface area contributed by atoms with E-state index < -0.39 is 0 Å². The van der Waals surface area contributed by atoms with Crippen LogP contribution in [0.1, 0.15) is 37.7 Å². The molecule has 3 rings (SSSR count). The molecule has 2 aliphatic rings. The molecule has 1 aromatic carbocycles. The summed E-state index contributed by atoms with van der Waals surface area (Å²) in [4.78, 5) is 2.58. The number of nitrogens with zero attached hydrogens (tertiary/aromatic N) is 1. The number of hydrogen-bond donors (Lipinski definition) is 0. The van der Waals surface area contributed by atoms with Crippen molar-refractivity contribution in [2.24, 2.45) is 5.92 Å². The number of rotatable bonds is 4. The van der Waals surface area contributed by atoms with Gasteiger partial charge in [0.1, 0.15) is 5.82 Å². The van der Waals surface area contributed by atoms with Crippen LogP contribution in [0.5, 0.6) is 0 Å². The maximum absolute atomic E-state index is 13.0. The van der Waals surface area contributed by atoms with Crippen LogP contribution in [0.3, 0.4) is 0 Å². The summed E-state index contributed by atoms with van der Waals surface area (Å²) in [6, 6.07) is 7.01. The molecule has 0 bridgehead atoms. The third-order valence-electron chi connectivity index (χ3n) is 4.78. The summed E-state index contributed by atoms with van der Waals surface area (Å²) in [7, 11) is 0. The molecular formula is C18H26FNO. The summed E-state index contributed by atoms with van der Waals surface area (Å²) >= 11 is 0. The zero-order valence-corrected chi connectivity index (χ0v) is 12.8. The first-order chi connectivity index (χ1) is 10.3. The summed E-state index contributed by atoms with van der Waals surface area (Å²) in [5.74, 6) is 0.561. The summed E-state index contributed by atoms with van der Waals surface area (Å²) in [5, 5.41) is 0. The number of likely N-dealkylation sites (tertiary alicyclic amines) is 1. The van der Waals surface area contributed by atoms with Crippen LogP contribution in [-0.2, 0) is 11.2 Å². The number of halogens is 1. The van der Waals surface area contributed by atoms with Crippen molar-refractivity contribution in [2.45, 2.75) is 44.6 Å². The first kappa shape index (κ1) is 15.0. The lowest BCUT2D eigenvalue weighted by molar-refractivity contribution is -0.0127. The number of benzene rings is 1. The third-order valence-corrected chi connectivity index (χ3v) is 4.78. The Labute approximate surface area is 127 Å². The molecule has 0 aromatic heterocycles. The fraction of sp³-hybridized carbons (Fsp3) is 0.667. The number of hydrogen-bond acceptors (Lipinski definition) is 2. The largest absolute Gasteiger partial charge is 0.377 e. The van der Waals surface area contributed by atoms with Crippen molar-refractivity contribution < 1.29 is 9.13 Å². The molecule has 116 valence electrons. The molecule has 2 atom stereocenters. The molecule has 2 saturated heterocycles. The summed E-state index contributed by atoms with van der Waals surface area (Å²) < 4.78 is 18.8. The zero-order chi connectivity index (χ0) is 14.5. The average Bonchev–Trinajstić information content (AvgIpc) is 2.51. The van der Waals surface area contributed by atoms with Crippen LogP contribution in [0.2, 0.25) is 0 Å². The van der Waals surface area contributed by atoms with Gasteiger partial charge >= 0.3 is 0 Å². The molecule has 0 aliphatic carbocycles. The van der Waals surface area contributed by atoms with Crippen molar-refractivity contribution >= 4 is 0 Å². The molecule has 0 saturated carbocycles. The molecular weight excluding hydrogens is 265 g/mol. The van der Waals surface area contributed by atoms with Crippen LogP contribution in [-0.4, -0.2) is 37.2 Å². The van der Waals surface area contributed by atoms with Crippen molar-refractivity contribution in [3.05, 3.63) is 35.6 Å². The van der Waals surface area contributed by atoms with Gasteiger partial charge in [0.15, 0.2) is 0 Å². The van der Waals surface area contributed by atoms with E-state index >= 15 is 0 Å². The van der Waals surface area contributed by atoms with Crippen LogP contribution < -0.4 is 0 Å². The number of ether oxygens (including phenoxy) is 1. The summed E-state index contributed by atoms with van der Waals surface area (Å²) in [5.41, 5.74) is 1.26. The van der Waals surface area contributed by atoms with E-state index in [0.29, 0.717) is 12.0 Å². The quantitative estimate of drug-likeness (QED) is 0.839. The fourth-order valence-corrected chi connectivity index (χ4v) is 3.68. The monoisotopic (exact) mass is 291 g/mol. The Bertz CT molecular complexity index is 427. The number of piperidine rings is 1. The summed E-state index contributed by atoms with van der Waals surface area (Å²) in [6.45, 7) is 4.41. The van der Waals surface area contributed by atoms with E-state index in [9.17, 15) is 4.39 Å². The van der Waals surface area contributed by atoms with E-state index in [1.54, 1.807) is 12.1 Å². The fourth-order valence-electron chi connectivity index (χ4n) is 3.68. The summed E-state index contributed by atoms with van der Waals surface area (Å²) in [6.07, 6.45) is 7.85. The lowest BCUT2D eigenvalue weighted by Gasteiger charge is -2.36. The van der Waals surface area contributed by atoms with Crippen LogP contribution in [0, 0.1) is 11.7 Å². The maximum atomic E-state index is 13.0. The molecule has 0 N–H and O–H groups in total. The van der Waals surface area contributed by atoms with Gasteiger partial charge in [-0.05, 0) is 68.7 Å². The van der Waals surface area contributed by atoms with Gasteiger partial charge in [-0.25, -0.2) is 4.39 Å². The van der Waals surface area contributed by atoms with E-state index in [2.05, 4.69) is 4.90 Å². The minimum Gasteiger partial charge on any atom is -0.377 e. The van der Waals surface area contributed by atoms with Gasteiger partial charge in [0, 0.05) is 19.7 Å². The lowest BCUT2D eigenvalue weighted by Crippen LogP contribution is -2.42. The predicted octanol–water partition coefficient (Wildman–Crippen LogP) is 3.65. The van der Waals surface area contributed by atoms with Crippen molar-refractivity contribution in [3.8, 4) is 0 Å². The smallest absolute Gasteiger partial charge is 0.123 e. The molecule has 1 unspecified atom stereocenters. The van der Waals surface area contributed by atoms with Crippen molar-refractivity contribution in [1.29, 1.82) is 0 Å². The van der Waals surface area contributed by atoms with E-state index in [1.165, 1.54) is 44.2 Å². The highest BCUT2D eigenvalue weighted by atomic mass is 19.1. The van der Waals surface area contributed by atoms with Gasteiger partial charge in [-0.2, -0.15) is 0 Å². The van der Waals surface area contributed by atoms with Gasteiger partial charge in [-0.1, -0.05) is 12.1 Å². The van der Waals surface area contributed by atoms with E-state index in [-0.39, 0.29) is 5.82 Å². The van der Waals surface area contributed by atoms with Crippen LogP contribution >= 0.6 is 0 Å². The zero-order valence-electron chi connectivity index (χ0n) is 12.8. The molecule has 0 spiro atoms. The van der Waals surface area contributed by atoms with Crippen LogP contribution in [0.25, 0.3) is 0 Å². The Hall–Kier alpha value is -0.930.